The molecule has 1 aliphatic heterocycles. The number of hydrogen-bond acceptors (Lipinski definition) is 7. The van der Waals surface area contributed by atoms with Crippen molar-refractivity contribution in [3.8, 4) is 0 Å². The number of anilines is 2. The summed E-state index contributed by atoms with van der Waals surface area (Å²) in [4.78, 5) is 17.1. The second-order valence-corrected chi connectivity index (χ2v) is 8.54. The first-order chi connectivity index (χ1) is 12.2. The molecule has 0 atom stereocenters. The lowest BCUT2D eigenvalue weighted by atomic mass is 10.3. The standard InChI is InChI=1S/C16H25N7O2S/c1-12-17-14(20(3)4)10-15(18-12)22-6-8-23(9-7-22)26(24,25)16-11-21(5)13(2)19-16/h10-11H,6-9H2,1-5H3. The van der Waals surface area contributed by atoms with Gasteiger partial charge in [-0.2, -0.15) is 4.31 Å². The van der Waals surface area contributed by atoms with Gasteiger partial charge in [-0.1, -0.05) is 0 Å². The Morgan fingerprint density at radius 3 is 2.23 bits per heavy atom. The number of imidazole rings is 1. The summed E-state index contributed by atoms with van der Waals surface area (Å²) in [6.07, 6.45) is 1.56. The van der Waals surface area contributed by atoms with Gasteiger partial charge in [-0.25, -0.2) is 23.4 Å². The van der Waals surface area contributed by atoms with E-state index in [1.165, 1.54) is 4.31 Å². The SMILES string of the molecule is Cc1nc(N(C)C)cc(N2CCN(S(=O)(=O)c3cn(C)c(C)n3)CC2)n1. The van der Waals surface area contributed by atoms with E-state index in [4.69, 9.17) is 0 Å². The van der Waals surface area contributed by atoms with E-state index in [1.54, 1.807) is 24.7 Å². The average molecular weight is 379 g/mol. The zero-order valence-corrected chi connectivity index (χ0v) is 16.7. The van der Waals surface area contributed by atoms with Gasteiger partial charge in [-0.15, -0.1) is 0 Å². The van der Waals surface area contributed by atoms with E-state index in [9.17, 15) is 8.42 Å². The van der Waals surface area contributed by atoms with Crippen molar-refractivity contribution >= 4 is 21.7 Å². The maximum Gasteiger partial charge on any atom is 0.262 e. The molecule has 1 aliphatic rings. The van der Waals surface area contributed by atoms with Crippen molar-refractivity contribution in [3.05, 3.63) is 23.9 Å². The second-order valence-electron chi connectivity index (χ2n) is 6.65. The lowest BCUT2D eigenvalue weighted by molar-refractivity contribution is 0.382. The number of aryl methyl sites for hydroxylation is 3. The Balaban J connectivity index is 1.75. The average Bonchev–Trinajstić information content (AvgIpc) is 2.94. The van der Waals surface area contributed by atoms with Gasteiger partial charge in [0.25, 0.3) is 10.0 Å². The Morgan fingerprint density at radius 2 is 1.69 bits per heavy atom. The van der Waals surface area contributed by atoms with Crippen LogP contribution in [0.5, 0.6) is 0 Å². The Kier molecular flexibility index (Phi) is 4.89. The molecule has 0 spiro atoms. The van der Waals surface area contributed by atoms with Crippen LogP contribution in [0.25, 0.3) is 0 Å². The number of hydrogen-bond donors (Lipinski definition) is 0. The molecule has 0 amide bonds. The molecule has 0 aromatic carbocycles. The van der Waals surface area contributed by atoms with Crippen molar-refractivity contribution in [1.29, 1.82) is 0 Å². The molecule has 0 bridgehead atoms. The smallest absolute Gasteiger partial charge is 0.262 e. The molecule has 0 aliphatic carbocycles. The van der Waals surface area contributed by atoms with Crippen molar-refractivity contribution in [3.63, 3.8) is 0 Å². The minimum absolute atomic E-state index is 0.110. The van der Waals surface area contributed by atoms with Crippen molar-refractivity contribution in [2.24, 2.45) is 7.05 Å². The number of aromatic nitrogens is 4. The normalized spacial score (nSPS) is 16.1. The van der Waals surface area contributed by atoms with Crippen LogP contribution in [0.3, 0.4) is 0 Å². The first-order valence-corrected chi connectivity index (χ1v) is 9.90. The molecule has 10 heteroatoms. The van der Waals surface area contributed by atoms with E-state index in [0.29, 0.717) is 37.8 Å². The van der Waals surface area contributed by atoms with Crippen LogP contribution < -0.4 is 9.80 Å². The monoisotopic (exact) mass is 379 g/mol. The highest BCUT2D eigenvalue weighted by atomic mass is 32.2. The zero-order valence-electron chi connectivity index (χ0n) is 15.8. The lowest BCUT2D eigenvalue weighted by Crippen LogP contribution is -2.49. The summed E-state index contributed by atoms with van der Waals surface area (Å²) in [5, 5.41) is 0.110. The molecule has 2 aromatic rings. The Hall–Kier alpha value is -2.20. The molecule has 0 saturated carbocycles. The molecule has 2 aromatic heterocycles. The van der Waals surface area contributed by atoms with Crippen LogP contribution in [0.2, 0.25) is 0 Å². The summed E-state index contributed by atoms with van der Waals surface area (Å²) >= 11 is 0. The molecule has 0 unspecified atom stereocenters. The Labute approximate surface area is 154 Å². The highest BCUT2D eigenvalue weighted by molar-refractivity contribution is 7.89. The van der Waals surface area contributed by atoms with Crippen LogP contribution in [0.15, 0.2) is 17.3 Å². The molecule has 3 rings (SSSR count). The highest BCUT2D eigenvalue weighted by Gasteiger charge is 2.31. The van der Waals surface area contributed by atoms with E-state index in [2.05, 4.69) is 19.9 Å². The zero-order chi connectivity index (χ0) is 19.1. The van der Waals surface area contributed by atoms with E-state index in [-0.39, 0.29) is 5.03 Å². The highest BCUT2D eigenvalue weighted by Crippen LogP contribution is 2.22. The third-order valence-corrected chi connectivity index (χ3v) is 6.29. The van der Waals surface area contributed by atoms with Crippen LogP contribution in [0.1, 0.15) is 11.6 Å². The van der Waals surface area contributed by atoms with Gasteiger partial charge < -0.3 is 14.4 Å². The second kappa shape index (κ2) is 6.84. The molecule has 1 fully saturated rings. The third-order valence-electron chi connectivity index (χ3n) is 4.52. The summed E-state index contributed by atoms with van der Waals surface area (Å²) in [6, 6.07) is 1.93. The number of sulfonamides is 1. The summed E-state index contributed by atoms with van der Waals surface area (Å²) in [5.41, 5.74) is 0. The first-order valence-electron chi connectivity index (χ1n) is 8.46. The lowest BCUT2D eigenvalue weighted by Gasteiger charge is -2.34. The summed E-state index contributed by atoms with van der Waals surface area (Å²) in [7, 11) is 2.10. The van der Waals surface area contributed by atoms with E-state index < -0.39 is 10.0 Å². The molecule has 0 radical (unpaired) electrons. The van der Waals surface area contributed by atoms with Crippen molar-refractivity contribution < 1.29 is 8.42 Å². The first kappa shape index (κ1) is 18.6. The molecule has 9 nitrogen and oxygen atoms in total. The van der Waals surface area contributed by atoms with Gasteiger partial charge in [-0.05, 0) is 13.8 Å². The minimum Gasteiger partial charge on any atom is -0.363 e. The van der Waals surface area contributed by atoms with Crippen LogP contribution >= 0.6 is 0 Å². The molecule has 1 saturated heterocycles. The molecule has 26 heavy (non-hydrogen) atoms. The molecular weight excluding hydrogens is 354 g/mol. The fraction of sp³-hybridized carbons (Fsp3) is 0.562. The van der Waals surface area contributed by atoms with Gasteiger partial charge in [0.15, 0.2) is 5.03 Å². The minimum atomic E-state index is -3.57. The summed E-state index contributed by atoms with van der Waals surface area (Å²) < 4.78 is 28.8. The van der Waals surface area contributed by atoms with Gasteiger partial charge >= 0.3 is 0 Å². The Morgan fingerprint density at radius 1 is 1.04 bits per heavy atom. The molecular formula is C16H25N7O2S. The quantitative estimate of drug-likeness (QED) is 0.760. The fourth-order valence-electron chi connectivity index (χ4n) is 2.87. The number of piperazine rings is 1. The fourth-order valence-corrected chi connectivity index (χ4v) is 4.32. The van der Waals surface area contributed by atoms with Gasteiger partial charge in [0.05, 0.1) is 0 Å². The van der Waals surface area contributed by atoms with Crippen LogP contribution in [0.4, 0.5) is 11.6 Å². The molecule has 142 valence electrons. The van der Waals surface area contributed by atoms with E-state index in [0.717, 1.165) is 11.6 Å². The van der Waals surface area contributed by atoms with Crippen molar-refractivity contribution in [2.45, 2.75) is 18.9 Å². The summed E-state index contributed by atoms with van der Waals surface area (Å²) in [5.74, 6) is 3.04. The Bertz CT molecular complexity index is 880. The van der Waals surface area contributed by atoms with Crippen molar-refractivity contribution in [2.75, 3.05) is 50.1 Å². The van der Waals surface area contributed by atoms with Gasteiger partial charge in [-0.3, -0.25) is 0 Å². The van der Waals surface area contributed by atoms with Crippen molar-refractivity contribution in [1.82, 2.24) is 23.8 Å². The topological polar surface area (TPSA) is 87.5 Å². The molecule has 0 N–H and O–H groups in total. The third kappa shape index (κ3) is 3.51. The van der Waals surface area contributed by atoms with Crippen LogP contribution in [-0.4, -0.2) is 72.5 Å². The van der Waals surface area contributed by atoms with Gasteiger partial charge in [0, 0.05) is 59.6 Å². The summed E-state index contributed by atoms with van der Waals surface area (Å²) in [6.45, 7) is 5.61. The van der Waals surface area contributed by atoms with Crippen LogP contribution in [-0.2, 0) is 17.1 Å². The van der Waals surface area contributed by atoms with Gasteiger partial charge in [0.2, 0.25) is 0 Å². The van der Waals surface area contributed by atoms with E-state index in [1.807, 2.05) is 32.0 Å². The predicted molar refractivity (Wildman–Crippen MR) is 100 cm³/mol. The van der Waals surface area contributed by atoms with E-state index >= 15 is 0 Å². The van der Waals surface area contributed by atoms with Gasteiger partial charge in [0.1, 0.15) is 23.3 Å². The van der Waals surface area contributed by atoms with Crippen LogP contribution in [0, 0.1) is 13.8 Å². The molecule has 3 heterocycles. The number of rotatable bonds is 4. The maximum atomic E-state index is 12.8. The number of nitrogens with zero attached hydrogens (tertiary/aromatic N) is 7. The predicted octanol–water partition coefficient (Wildman–Crippen LogP) is 0.404. The maximum absolute atomic E-state index is 12.8. The largest absolute Gasteiger partial charge is 0.363 e.